The van der Waals surface area contributed by atoms with Crippen molar-refractivity contribution in [3.63, 3.8) is 0 Å². The molecule has 0 aliphatic carbocycles. The zero-order valence-electron chi connectivity index (χ0n) is 13.1. The molecule has 0 bridgehead atoms. The Labute approximate surface area is 140 Å². The molecule has 0 saturated carbocycles. The second kappa shape index (κ2) is 7.06. The van der Waals surface area contributed by atoms with Crippen LogP contribution in [0.15, 0.2) is 41.8 Å². The first-order valence-corrected chi connectivity index (χ1v) is 8.70. The van der Waals surface area contributed by atoms with Gasteiger partial charge in [-0.15, -0.1) is 11.3 Å². The fraction of sp³-hybridized carbons (Fsp3) is 0.333. The fourth-order valence-corrected chi connectivity index (χ4v) is 3.99. The average Bonchev–Trinajstić information content (AvgIpc) is 3.18. The summed E-state index contributed by atoms with van der Waals surface area (Å²) in [5.74, 6) is -0.110. The Morgan fingerprint density at radius 2 is 2.09 bits per heavy atom. The molecule has 1 saturated heterocycles. The van der Waals surface area contributed by atoms with Crippen LogP contribution in [0.5, 0.6) is 0 Å². The van der Waals surface area contributed by atoms with E-state index in [4.69, 9.17) is 0 Å². The molecule has 1 atom stereocenters. The molecule has 23 heavy (non-hydrogen) atoms. The number of benzene rings is 1. The first kappa shape index (κ1) is 15.9. The van der Waals surface area contributed by atoms with Gasteiger partial charge >= 0.3 is 0 Å². The molecule has 5 heteroatoms. The van der Waals surface area contributed by atoms with Crippen LogP contribution in [-0.2, 0) is 4.79 Å². The van der Waals surface area contributed by atoms with Crippen molar-refractivity contribution in [1.82, 2.24) is 4.90 Å². The van der Waals surface area contributed by atoms with Gasteiger partial charge in [0.1, 0.15) is 0 Å². The van der Waals surface area contributed by atoms with Gasteiger partial charge in [0.05, 0.1) is 12.2 Å². The summed E-state index contributed by atoms with van der Waals surface area (Å²) < 4.78 is 0. The third-order valence-electron chi connectivity index (χ3n) is 4.16. The Morgan fingerprint density at radius 3 is 2.83 bits per heavy atom. The summed E-state index contributed by atoms with van der Waals surface area (Å²) in [5.41, 5.74) is 1.15. The van der Waals surface area contributed by atoms with Crippen LogP contribution >= 0.6 is 11.3 Å². The lowest BCUT2D eigenvalue weighted by molar-refractivity contribution is -0.117. The van der Waals surface area contributed by atoms with Crippen molar-refractivity contribution in [3.05, 3.63) is 52.2 Å². The number of carbonyl (C=O) groups excluding carboxylic acids is 2. The maximum Gasteiger partial charge on any atom is 0.238 e. The van der Waals surface area contributed by atoms with Gasteiger partial charge in [-0.2, -0.15) is 0 Å². The highest BCUT2D eigenvalue weighted by molar-refractivity contribution is 7.10. The summed E-state index contributed by atoms with van der Waals surface area (Å²) >= 11 is 1.74. The molecule has 1 aromatic carbocycles. The highest BCUT2D eigenvalue weighted by atomic mass is 32.1. The van der Waals surface area contributed by atoms with Gasteiger partial charge in [0.25, 0.3) is 0 Å². The lowest BCUT2D eigenvalue weighted by atomic mass is 10.1. The molecule has 1 unspecified atom stereocenters. The summed E-state index contributed by atoms with van der Waals surface area (Å²) in [6.07, 6.45) is 2.21. The largest absolute Gasteiger partial charge is 0.324 e. The summed E-state index contributed by atoms with van der Waals surface area (Å²) in [7, 11) is 0. The van der Waals surface area contributed by atoms with E-state index < -0.39 is 0 Å². The van der Waals surface area contributed by atoms with Gasteiger partial charge in [0, 0.05) is 16.5 Å². The number of Topliss-reactive ketones (excluding diaryl/α,β-unsaturated/α-hetero) is 1. The molecule has 1 amide bonds. The zero-order valence-corrected chi connectivity index (χ0v) is 13.9. The predicted octanol–water partition coefficient (Wildman–Crippen LogP) is 3.73. The van der Waals surface area contributed by atoms with Gasteiger partial charge in [-0.05, 0) is 49.9 Å². The van der Waals surface area contributed by atoms with Gasteiger partial charge in [0.15, 0.2) is 5.78 Å². The first-order valence-electron chi connectivity index (χ1n) is 7.82. The van der Waals surface area contributed by atoms with E-state index in [-0.39, 0.29) is 11.7 Å². The number of carbonyl (C=O) groups is 2. The Hall–Kier alpha value is -1.98. The van der Waals surface area contributed by atoms with Gasteiger partial charge in [0.2, 0.25) is 5.91 Å². The summed E-state index contributed by atoms with van der Waals surface area (Å²) in [5, 5.41) is 4.96. The molecule has 1 aliphatic heterocycles. The van der Waals surface area contributed by atoms with Crippen molar-refractivity contribution < 1.29 is 9.59 Å². The summed E-state index contributed by atoms with van der Waals surface area (Å²) in [6, 6.07) is 11.7. The quantitative estimate of drug-likeness (QED) is 0.851. The van der Waals surface area contributed by atoms with Crippen molar-refractivity contribution in [2.24, 2.45) is 0 Å². The molecule has 1 fully saturated rings. The number of thiophene rings is 1. The van der Waals surface area contributed by atoms with E-state index in [0.29, 0.717) is 23.8 Å². The Kier molecular flexibility index (Phi) is 4.88. The number of rotatable bonds is 5. The van der Waals surface area contributed by atoms with Crippen LogP contribution in [0.3, 0.4) is 0 Å². The van der Waals surface area contributed by atoms with Crippen LogP contribution in [-0.4, -0.2) is 29.7 Å². The standard InChI is InChI=1S/C18H20N2O2S/c1-13(21)14-6-2-3-7-15(14)19-18(22)12-20-10-4-8-16(20)17-9-5-11-23-17/h2-3,5-7,9,11,16H,4,8,10,12H2,1H3,(H,19,22). The third kappa shape index (κ3) is 3.68. The molecule has 2 heterocycles. The molecule has 1 aromatic heterocycles. The van der Waals surface area contributed by atoms with Crippen LogP contribution in [0.4, 0.5) is 5.69 Å². The number of hydrogen-bond donors (Lipinski definition) is 1. The zero-order chi connectivity index (χ0) is 16.2. The smallest absolute Gasteiger partial charge is 0.238 e. The molecule has 0 radical (unpaired) electrons. The SMILES string of the molecule is CC(=O)c1ccccc1NC(=O)CN1CCCC1c1cccs1. The van der Waals surface area contributed by atoms with E-state index in [1.807, 2.05) is 6.07 Å². The molecule has 1 aliphatic rings. The van der Waals surface area contributed by atoms with Crippen LogP contribution in [0.25, 0.3) is 0 Å². The highest BCUT2D eigenvalue weighted by Gasteiger charge is 2.28. The number of amides is 1. The monoisotopic (exact) mass is 328 g/mol. The third-order valence-corrected chi connectivity index (χ3v) is 5.14. The minimum absolute atomic E-state index is 0.0430. The van der Waals surface area contributed by atoms with E-state index >= 15 is 0 Å². The normalized spacial score (nSPS) is 18.0. The topological polar surface area (TPSA) is 49.4 Å². The van der Waals surface area contributed by atoms with E-state index in [9.17, 15) is 9.59 Å². The number of ketones is 1. The first-order chi connectivity index (χ1) is 11.1. The number of hydrogen-bond acceptors (Lipinski definition) is 4. The number of nitrogens with one attached hydrogen (secondary N) is 1. The van der Waals surface area contributed by atoms with Crippen LogP contribution in [0.1, 0.15) is 41.0 Å². The number of likely N-dealkylation sites (tertiary alicyclic amines) is 1. The minimum atomic E-state index is -0.0674. The van der Waals surface area contributed by atoms with E-state index in [1.54, 1.807) is 29.5 Å². The Morgan fingerprint density at radius 1 is 1.26 bits per heavy atom. The maximum atomic E-state index is 12.4. The molecule has 0 spiro atoms. The molecule has 1 N–H and O–H groups in total. The lowest BCUT2D eigenvalue weighted by Gasteiger charge is -2.23. The Bertz CT molecular complexity index is 697. The minimum Gasteiger partial charge on any atom is -0.324 e. The van der Waals surface area contributed by atoms with Gasteiger partial charge in [-0.3, -0.25) is 14.5 Å². The number of nitrogens with zero attached hydrogens (tertiary/aromatic N) is 1. The van der Waals surface area contributed by atoms with E-state index in [0.717, 1.165) is 19.4 Å². The van der Waals surface area contributed by atoms with Crippen LogP contribution < -0.4 is 5.32 Å². The van der Waals surface area contributed by atoms with Crippen LogP contribution in [0.2, 0.25) is 0 Å². The average molecular weight is 328 g/mol. The molecule has 4 nitrogen and oxygen atoms in total. The van der Waals surface area contributed by atoms with Crippen molar-refractivity contribution >= 4 is 28.7 Å². The molecule has 120 valence electrons. The van der Waals surface area contributed by atoms with Crippen LogP contribution in [0, 0.1) is 0 Å². The molecule has 3 rings (SSSR count). The van der Waals surface area contributed by atoms with Gasteiger partial charge < -0.3 is 5.32 Å². The predicted molar refractivity (Wildman–Crippen MR) is 92.9 cm³/mol. The number of para-hydroxylation sites is 1. The summed E-state index contributed by atoms with van der Waals surface area (Å²) in [4.78, 5) is 27.6. The fourth-order valence-electron chi connectivity index (χ4n) is 3.09. The van der Waals surface area contributed by atoms with Crippen molar-refractivity contribution in [3.8, 4) is 0 Å². The molecular weight excluding hydrogens is 308 g/mol. The van der Waals surface area contributed by atoms with Crippen molar-refractivity contribution in [2.75, 3.05) is 18.4 Å². The lowest BCUT2D eigenvalue weighted by Crippen LogP contribution is -2.33. The highest BCUT2D eigenvalue weighted by Crippen LogP contribution is 2.34. The maximum absolute atomic E-state index is 12.4. The van der Waals surface area contributed by atoms with Gasteiger partial charge in [-0.25, -0.2) is 0 Å². The molecule has 2 aromatic rings. The number of anilines is 1. The van der Waals surface area contributed by atoms with E-state index in [1.165, 1.54) is 11.8 Å². The van der Waals surface area contributed by atoms with Gasteiger partial charge in [-0.1, -0.05) is 18.2 Å². The molecular formula is C18H20N2O2S. The summed E-state index contributed by atoms with van der Waals surface area (Å²) in [6.45, 7) is 2.80. The van der Waals surface area contributed by atoms with Crippen molar-refractivity contribution in [2.45, 2.75) is 25.8 Å². The second-order valence-corrected chi connectivity index (χ2v) is 6.77. The van der Waals surface area contributed by atoms with Crippen molar-refractivity contribution in [1.29, 1.82) is 0 Å². The second-order valence-electron chi connectivity index (χ2n) is 5.79. The Balaban J connectivity index is 1.67. The van der Waals surface area contributed by atoms with E-state index in [2.05, 4.69) is 27.7 Å².